The van der Waals surface area contributed by atoms with E-state index in [9.17, 15) is 4.79 Å². The molecule has 0 aliphatic heterocycles. The van der Waals surface area contributed by atoms with Crippen LogP contribution in [0, 0.1) is 0 Å². The molecule has 0 saturated heterocycles. The van der Waals surface area contributed by atoms with Crippen LogP contribution in [0.1, 0.15) is 40.0 Å². The van der Waals surface area contributed by atoms with Crippen molar-refractivity contribution in [3.8, 4) is 0 Å². The molecule has 0 spiro atoms. The summed E-state index contributed by atoms with van der Waals surface area (Å²) in [7, 11) is 0. The molecule has 1 aliphatic carbocycles. The van der Waals surface area contributed by atoms with Crippen molar-refractivity contribution in [1.29, 1.82) is 0 Å². The fraction of sp³-hybridized carbons (Fsp3) is 0.769. The van der Waals surface area contributed by atoms with Crippen LogP contribution in [0.2, 0.25) is 0 Å². The fourth-order valence-corrected chi connectivity index (χ4v) is 2.94. The van der Waals surface area contributed by atoms with E-state index in [0.717, 1.165) is 18.4 Å². The van der Waals surface area contributed by atoms with Gasteiger partial charge in [0.05, 0.1) is 0 Å². The first kappa shape index (κ1) is 14.9. The number of carbonyl (C=O) groups is 1. The van der Waals surface area contributed by atoms with E-state index in [4.69, 9.17) is 9.47 Å². The molecule has 1 atom stereocenters. The van der Waals surface area contributed by atoms with Crippen molar-refractivity contribution >= 4 is 21.7 Å². The number of hydrogen-bond donors (Lipinski definition) is 0. The molecule has 0 saturated carbocycles. The standard InChI is InChI=1S/C13H21BrO3/c1-4-16-13(17-5-2)8-11(14)10-6-7-12(15)9(10)3/h11,13H,4-8H2,1-3H3. The van der Waals surface area contributed by atoms with Crippen LogP contribution in [0.15, 0.2) is 11.1 Å². The summed E-state index contributed by atoms with van der Waals surface area (Å²) in [6.45, 7) is 7.11. The lowest BCUT2D eigenvalue weighted by Crippen LogP contribution is -2.22. The molecule has 1 rings (SSSR count). The Morgan fingerprint density at radius 3 is 2.24 bits per heavy atom. The zero-order valence-electron chi connectivity index (χ0n) is 10.8. The zero-order chi connectivity index (χ0) is 12.8. The monoisotopic (exact) mass is 304 g/mol. The second kappa shape index (κ2) is 7.29. The van der Waals surface area contributed by atoms with Gasteiger partial charge in [0, 0.05) is 30.9 Å². The first-order valence-electron chi connectivity index (χ1n) is 6.20. The summed E-state index contributed by atoms with van der Waals surface area (Å²) < 4.78 is 11.0. The number of allylic oxidation sites excluding steroid dienone is 2. The molecule has 0 bridgehead atoms. The maximum absolute atomic E-state index is 11.5. The summed E-state index contributed by atoms with van der Waals surface area (Å²) in [5.41, 5.74) is 2.12. The van der Waals surface area contributed by atoms with Crippen molar-refractivity contribution in [2.45, 2.75) is 51.2 Å². The van der Waals surface area contributed by atoms with E-state index in [1.54, 1.807) is 0 Å². The summed E-state index contributed by atoms with van der Waals surface area (Å²) in [6.07, 6.45) is 2.08. The molecule has 1 aliphatic rings. The molecule has 0 amide bonds. The first-order valence-corrected chi connectivity index (χ1v) is 7.11. The number of ether oxygens (including phenoxy) is 2. The average Bonchev–Trinajstić information content (AvgIpc) is 2.60. The molecular formula is C13H21BrO3. The predicted octanol–water partition coefficient (Wildman–Crippen LogP) is 3.22. The highest BCUT2D eigenvalue weighted by Gasteiger charge is 2.26. The lowest BCUT2D eigenvalue weighted by molar-refractivity contribution is -0.138. The maximum Gasteiger partial charge on any atom is 0.158 e. The number of alkyl halides is 1. The van der Waals surface area contributed by atoms with Gasteiger partial charge in [0.15, 0.2) is 12.1 Å². The average molecular weight is 305 g/mol. The third-order valence-corrected chi connectivity index (χ3v) is 3.93. The van der Waals surface area contributed by atoms with Crippen LogP contribution in [-0.2, 0) is 14.3 Å². The summed E-state index contributed by atoms with van der Waals surface area (Å²) in [4.78, 5) is 11.7. The SMILES string of the molecule is CCOC(CC(Br)C1=C(C)C(=O)CC1)OCC. The lowest BCUT2D eigenvalue weighted by atomic mass is 10.1. The van der Waals surface area contributed by atoms with Crippen molar-refractivity contribution in [3.63, 3.8) is 0 Å². The van der Waals surface area contributed by atoms with Gasteiger partial charge in [-0.1, -0.05) is 15.9 Å². The van der Waals surface area contributed by atoms with Crippen LogP contribution in [0.3, 0.4) is 0 Å². The fourth-order valence-electron chi connectivity index (χ4n) is 2.06. The Morgan fingerprint density at radius 1 is 1.24 bits per heavy atom. The van der Waals surface area contributed by atoms with E-state index in [2.05, 4.69) is 15.9 Å². The van der Waals surface area contributed by atoms with Crippen LogP contribution in [-0.4, -0.2) is 30.1 Å². The second-order valence-corrected chi connectivity index (χ2v) is 5.22. The molecule has 17 heavy (non-hydrogen) atoms. The van der Waals surface area contributed by atoms with Gasteiger partial charge in [-0.05, 0) is 38.3 Å². The smallest absolute Gasteiger partial charge is 0.158 e. The number of rotatable bonds is 7. The van der Waals surface area contributed by atoms with E-state index in [-0.39, 0.29) is 16.9 Å². The molecular weight excluding hydrogens is 284 g/mol. The van der Waals surface area contributed by atoms with Crippen LogP contribution in [0.25, 0.3) is 0 Å². The van der Waals surface area contributed by atoms with Crippen LogP contribution in [0.5, 0.6) is 0 Å². The molecule has 98 valence electrons. The Hall–Kier alpha value is -0.190. The Bertz CT molecular complexity index is 293. The minimum atomic E-state index is -0.189. The van der Waals surface area contributed by atoms with E-state index in [1.807, 2.05) is 20.8 Å². The third-order valence-electron chi connectivity index (χ3n) is 3.00. The highest BCUT2D eigenvalue weighted by molar-refractivity contribution is 9.09. The van der Waals surface area contributed by atoms with Gasteiger partial charge in [-0.15, -0.1) is 0 Å². The zero-order valence-corrected chi connectivity index (χ0v) is 12.4. The van der Waals surface area contributed by atoms with Crippen LogP contribution < -0.4 is 0 Å². The van der Waals surface area contributed by atoms with Crippen LogP contribution >= 0.6 is 15.9 Å². The van der Waals surface area contributed by atoms with Crippen molar-refractivity contribution in [1.82, 2.24) is 0 Å². The molecule has 0 N–H and O–H groups in total. The van der Waals surface area contributed by atoms with Crippen molar-refractivity contribution in [2.75, 3.05) is 13.2 Å². The molecule has 3 nitrogen and oxygen atoms in total. The van der Waals surface area contributed by atoms with Crippen molar-refractivity contribution < 1.29 is 14.3 Å². The quantitative estimate of drug-likeness (QED) is 0.535. The third kappa shape index (κ3) is 4.19. The Labute approximate surface area is 112 Å². The summed E-state index contributed by atoms with van der Waals surface area (Å²) in [5, 5.41) is 0. The molecule has 0 heterocycles. The summed E-state index contributed by atoms with van der Waals surface area (Å²) in [6, 6.07) is 0. The number of halogens is 1. The Morgan fingerprint density at radius 2 is 1.82 bits per heavy atom. The van der Waals surface area contributed by atoms with Gasteiger partial charge >= 0.3 is 0 Å². The minimum absolute atomic E-state index is 0.178. The van der Waals surface area contributed by atoms with Gasteiger partial charge in [-0.25, -0.2) is 0 Å². The lowest BCUT2D eigenvalue weighted by Gasteiger charge is -2.21. The largest absolute Gasteiger partial charge is 0.353 e. The van der Waals surface area contributed by atoms with E-state index in [1.165, 1.54) is 5.57 Å². The minimum Gasteiger partial charge on any atom is -0.353 e. The van der Waals surface area contributed by atoms with Crippen LogP contribution in [0.4, 0.5) is 0 Å². The van der Waals surface area contributed by atoms with Gasteiger partial charge < -0.3 is 9.47 Å². The topological polar surface area (TPSA) is 35.5 Å². The normalized spacial score (nSPS) is 18.3. The van der Waals surface area contributed by atoms with Gasteiger partial charge in [-0.2, -0.15) is 0 Å². The number of carbonyl (C=O) groups excluding carboxylic acids is 1. The highest BCUT2D eigenvalue weighted by Crippen LogP contribution is 2.32. The van der Waals surface area contributed by atoms with Gasteiger partial charge in [0.2, 0.25) is 0 Å². The molecule has 0 aromatic heterocycles. The van der Waals surface area contributed by atoms with E-state index in [0.29, 0.717) is 19.6 Å². The first-order chi connectivity index (χ1) is 8.10. The molecule has 4 heteroatoms. The Balaban J connectivity index is 2.57. The summed E-state index contributed by atoms with van der Waals surface area (Å²) >= 11 is 3.64. The second-order valence-electron chi connectivity index (χ2n) is 4.12. The Kier molecular flexibility index (Phi) is 6.38. The van der Waals surface area contributed by atoms with Gasteiger partial charge in [-0.3, -0.25) is 4.79 Å². The maximum atomic E-state index is 11.5. The van der Waals surface area contributed by atoms with E-state index < -0.39 is 0 Å². The molecule has 0 fully saturated rings. The summed E-state index contributed by atoms with van der Waals surface area (Å²) in [5.74, 6) is 0.272. The van der Waals surface area contributed by atoms with E-state index >= 15 is 0 Å². The molecule has 0 aromatic carbocycles. The number of ketones is 1. The molecule has 1 unspecified atom stereocenters. The van der Waals surface area contributed by atoms with Gasteiger partial charge in [0.25, 0.3) is 0 Å². The molecule has 0 aromatic rings. The van der Waals surface area contributed by atoms with Crippen molar-refractivity contribution in [2.24, 2.45) is 0 Å². The van der Waals surface area contributed by atoms with Crippen molar-refractivity contribution in [3.05, 3.63) is 11.1 Å². The molecule has 0 radical (unpaired) electrons. The highest BCUT2D eigenvalue weighted by atomic mass is 79.9. The number of hydrogen-bond acceptors (Lipinski definition) is 3. The van der Waals surface area contributed by atoms with Gasteiger partial charge in [0.1, 0.15) is 0 Å². The number of Topliss-reactive ketones (excluding diaryl/α,β-unsaturated/α-hetero) is 1. The predicted molar refractivity (Wildman–Crippen MR) is 71.3 cm³/mol.